The average Bonchev–Trinajstić information content (AvgIpc) is 2.54. The van der Waals surface area contributed by atoms with Gasteiger partial charge in [0.1, 0.15) is 6.61 Å². The Hall–Kier alpha value is -2.19. The highest BCUT2D eigenvalue weighted by Crippen LogP contribution is 2.18. The molecular weight excluding hydrogens is 292 g/mol. The first-order chi connectivity index (χ1) is 10.8. The van der Waals surface area contributed by atoms with Crippen molar-refractivity contribution in [2.45, 2.75) is 0 Å². The summed E-state index contributed by atoms with van der Waals surface area (Å²) in [7, 11) is 1.60. The minimum atomic E-state index is -0.593. The zero-order chi connectivity index (χ0) is 16.0. The van der Waals surface area contributed by atoms with Crippen LogP contribution in [0.2, 0.25) is 0 Å². The Morgan fingerprint density at radius 2 is 1.91 bits per heavy atom. The first kappa shape index (κ1) is 17.9. The maximum absolute atomic E-state index is 11.8. The summed E-state index contributed by atoms with van der Waals surface area (Å²) in [6.45, 7) is 2.25. The second-order valence-corrected chi connectivity index (χ2v) is 3.94. The fourth-order valence-corrected chi connectivity index (χ4v) is 1.42. The van der Waals surface area contributed by atoms with Crippen LogP contribution in [0.25, 0.3) is 10.4 Å². The molecule has 1 aromatic heterocycles. The predicted molar refractivity (Wildman–Crippen MR) is 76.8 cm³/mol. The number of methoxy groups -OCH3 is 1. The lowest BCUT2D eigenvalue weighted by molar-refractivity contribution is 0.00573. The Balaban J connectivity index is 2.20. The van der Waals surface area contributed by atoms with E-state index in [2.05, 4.69) is 15.0 Å². The first-order valence-corrected chi connectivity index (χ1v) is 6.60. The topological polar surface area (TPSA) is 116 Å². The zero-order valence-electron chi connectivity index (χ0n) is 12.3. The smallest absolute Gasteiger partial charge is 0.338 e. The molecule has 0 saturated carbocycles. The fraction of sp³-hybridized carbons (Fsp3) is 0.538. The molecule has 0 saturated heterocycles. The van der Waals surface area contributed by atoms with Crippen molar-refractivity contribution in [3.63, 3.8) is 0 Å². The van der Waals surface area contributed by atoms with Crippen molar-refractivity contribution in [1.82, 2.24) is 4.98 Å². The molecule has 1 heterocycles. The monoisotopic (exact) mass is 310 g/mol. The third-order valence-electron chi connectivity index (χ3n) is 2.44. The highest BCUT2D eigenvalue weighted by Gasteiger charge is 2.11. The summed E-state index contributed by atoms with van der Waals surface area (Å²) in [4.78, 5) is 18.2. The van der Waals surface area contributed by atoms with Crippen LogP contribution in [0.5, 0.6) is 0 Å². The van der Waals surface area contributed by atoms with Gasteiger partial charge in [-0.25, -0.2) is 4.79 Å². The van der Waals surface area contributed by atoms with Gasteiger partial charge in [-0.15, -0.1) is 0 Å². The molecule has 0 N–H and O–H groups in total. The van der Waals surface area contributed by atoms with Crippen molar-refractivity contribution in [2.75, 3.05) is 46.8 Å². The van der Waals surface area contributed by atoms with Crippen LogP contribution in [-0.2, 0) is 18.9 Å². The average molecular weight is 310 g/mol. The summed E-state index contributed by atoms with van der Waals surface area (Å²) in [6.07, 6.45) is 2.71. The van der Waals surface area contributed by atoms with Crippen LogP contribution in [0, 0.1) is 0 Å². The van der Waals surface area contributed by atoms with Crippen LogP contribution in [0.4, 0.5) is 5.69 Å². The summed E-state index contributed by atoms with van der Waals surface area (Å²) in [5, 5.41) is 3.38. The lowest BCUT2D eigenvalue weighted by Crippen LogP contribution is -2.14. The van der Waals surface area contributed by atoms with E-state index < -0.39 is 5.97 Å². The highest BCUT2D eigenvalue weighted by molar-refractivity contribution is 5.94. The number of carbonyl (C=O) groups excluding carboxylic acids is 1. The van der Waals surface area contributed by atoms with Crippen LogP contribution in [0.15, 0.2) is 23.6 Å². The standard InChI is InChI=1S/C13H18N4O5/c1-19-4-5-20-6-7-21-8-9-22-13(18)11-2-3-15-10-12(11)16-17-14/h2-3,10H,4-9H2,1H3. The van der Waals surface area contributed by atoms with E-state index in [1.807, 2.05) is 0 Å². The van der Waals surface area contributed by atoms with Crippen molar-refractivity contribution >= 4 is 11.7 Å². The molecule has 1 aromatic rings. The minimum Gasteiger partial charge on any atom is -0.460 e. The van der Waals surface area contributed by atoms with Crippen LogP contribution >= 0.6 is 0 Å². The number of esters is 1. The number of hydrogen-bond acceptors (Lipinski definition) is 7. The number of pyridine rings is 1. The van der Waals surface area contributed by atoms with Crippen LogP contribution in [0.3, 0.4) is 0 Å². The molecule has 0 aliphatic rings. The second-order valence-electron chi connectivity index (χ2n) is 3.94. The molecule has 0 bridgehead atoms. The number of azide groups is 1. The Morgan fingerprint density at radius 3 is 2.59 bits per heavy atom. The molecule has 22 heavy (non-hydrogen) atoms. The molecule has 0 aliphatic carbocycles. The third-order valence-corrected chi connectivity index (χ3v) is 2.44. The Labute approximate surface area is 127 Å². The van der Waals surface area contributed by atoms with E-state index in [0.29, 0.717) is 26.4 Å². The van der Waals surface area contributed by atoms with Gasteiger partial charge in [-0.1, -0.05) is 5.11 Å². The number of rotatable bonds is 11. The van der Waals surface area contributed by atoms with E-state index in [1.54, 1.807) is 7.11 Å². The number of nitrogens with zero attached hydrogens (tertiary/aromatic N) is 4. The molecule has 9 nitrogen and oxygen atoms in total. The SMILES string of the molecule is COCCOCCOCCOC(=O)c1ccncc1N=[N+]=[N-]. The molecule has 9 heteroatoms. The molecule has 0 atom stereocenters. The summed E-state index contributed by atoms with van der Waals surface area (Å²) in [6, 6.07) is 1.43. The van der Waals surface area contributed by atoms with Gasteiger partial charge in [0.15, 0.2) is 0 Å². The lowest BCUT2D eigenvalue weighted by atomic mass is 10.2. The fourth-order valence-electron chi connectivity index (χ4n) is 1.42. The Bertz CT molecular complexity index is 505. The van der Waals surface area contributed by atoms with Gasteiger partial charge in [0.2, 0.25) is 0 Å². The van der Waals surface area contributed by atoms with Gasteiger partial charge in [-0.2, -0.15) is 0 Å². The van der Waals surface area contributed by atoms with E-state index in [-0.39, 0.29) is 24.5 Å². The maximum atomic E-state index is 11.8. The zero-order valence-corrected chi connectivity index (χ0v) is 12.3. The predicted octanol–water partition coefficient (Wildman–Crippen LogP) is 1.86. The molecule has 0 aromatic carbocycles. The van der Waals surface area contributed by atoms with Gasteiger partial charge in [-0.3, -0.25) is 4.98 Å². The van der Waals surface area contributed by atoms with Gasteiger partial charge in [0.25, 0.3) is 0 Å². The van der Waals surface area contributed by atoms with E-state index in [0.717, 1.165) is 0 Å². The largest absolute Gasteiger partial charge is 0.460 e. The van der Waals surface area contributed by atoms with Crippen molar-refractivity contribution < 1.29 is 23.7 Å². The summed E-state index contributed by atoms with van der Waals surface area (Å²) in [5.41, 5.74) is 8.71. The first-order valence-electron chi connectivity index (χ1n) is 6.60. The van der Waals surface area contributed by atoms with Crippen LogP contribution < -0.4 is 0 Å². The highest BCUT2D eigenvalue weighted by atomic mass is 16.6. The summed E-state index contributed by atoms with van der Waals surface area (Å²) >= 11 is 0. The van der Waals surface area contributed by atoms with Crippen molar-refractivity contribution in [3.05, 3.63) is 34.5 Å². The van der Waals surface area contributed by atoms with Crippen LogP contribution in [0.1, 0.15) is 10.4 Å². The lowest BCUT2D eigenvalue weighted by Gasteiger charge is -2.07. The number of hydrogen-bond donors (Lipinski definition) is 0. The maximum Gasteiger partial charge on any atom is 0.338 e. The number of carbonyl (C=O) groups is 1. The van der Waals surface area contributed by atoms with Crippen molar-refractivity contribution in [3.8, 4) is 0 Å². The summed E-state index contributed by atoms with van der Waals surface area (Å²) in [5.74, 6) is -0.593. The molecule has 0 radical (unpaired) electrons. The summed E-state index contributed by atoms with van der Waals surface area (Å²) < 4.78 is 20.3. The normalized spacial score (nSPS) is 10.0. The van der Waals surface area contributed by atoms with E-state index in [9.17, 15) is 4.79 Å². The molecule has 0 fully saturated rings. The number of ether oxygens (including phenoxy) is 4. The second kappa shape index (κ2) is 11.5. The van der Waals surface area contributed by atoms with Gasteiger partial charge in [0.05, 0.1) is 44.3 Å². The van der Waals surface area contributed by atoms with Crippen LogP contribution in [-0.4, -0.2) is 57.7 Å². The molecule has 120 valence electrons. The minimum absolute atomic E-state index is 0.0922. The molecule has 0 unspecified atom stereocenters. The molecule has 0 spiro atoms. The van der Waals surface area contributed by atoms with Gasteiger partial charge in [0, 0.05) is 24.4 Å². The van der Waals surface area contributed by atoms with Gasteiger partial charge < -0.3 is 18.9 Å². The van der Waals surface area contributed by atoms with E-state index in [4.69, 9.17) is 24.5 Å². The van der Waals surface area contributed by atoms with E-state index in [1.165, 1.54) is 18.5 Å². The third kappa shape index (κ3) is 7.00. The van der Waals surface area contributed by atoms with Crippen molar-refractivity contribution in [1.29, 1.82) is 0 Å². The van der Waals surface area contributed by atoms with E-state index >= 15 is 0 Å². The molecule has 1 rings (SSSR count). The molecular formula is C13H18N4O5. The van der Waals surface area contributed by atoms with Gasteiger partial charge >= 0.3 is 5.97 Å². The number of aromatic nitrogens is 1. The Kier molecular flexibility index (Phi) is 9.31. The molecule has 0 amide bonds. The quantitative estimate of drug-likeness (QED) is 0.202. The molecule has 0 aliphatic heterocycles. The Morgan fingerprint density at radius 1 is 1.23 bits per heavy atom. The van der Waals surface area contributed by atoms with Crippen molar-refractivity contribution in [2.24, 2.45) is 5.11 Å². The van der Waals surface area contributed by atoms with Gasteiger partial charge in [-0.05, 0) is 11.6 Å².